The minimum absolute atomic E-state index is 0.233. The molecule has 1 unspecified atom stereocenters. The van der Waals surface area contributed by atoms with Crippen molar-refractivity contribution in [1.29, 1.82) is 5.41 Å². The highest BCUT2D eigenvalue weighted by Crippen LogP contribution is 2.33. The van der Waals surface area contributed by atoms with E-state index in [1.165, 1.54) is 12.0 Å². The number of para-hydroxylation sites is 1. The number of ether oxygens (including phenoxy) is 3. The van der Waals surface area contributed by atoms with Crippen LogP contribution in [0.3, 0.4) is 0 Å². The van der Waals surface area contributed by atoms with Gasteiger partial charge in [-0.3, -0.25) is 19.8 Å². The lowest BCUT2D eigenvalue weighted by Gasteiger charge is -2.35. The zero-order valence-electron chi connectivity index (χ0n) is 31.9. The lowest BCUT2D eigenvalue weighted by atomic mass is 10.0. The Labute approximate surface area is 313 Å². The zero-order valence-corrected chi connectivity index (χ0v) is 31.9. The number of piperidine rings is 1. The summed E-state index contributed by atoms with van der Waals surface area (Å²) in [5, 5.41) is 13.1. The summed E-state index contributed by atoms with van der Waals surface area (Å²) in [6.07, 6.45) is 4.97. The number of aryl methyl sites for hydroxylation is 1. The molecule has 13 heteroatoms. The topological polar surface area (TPSA) is 163 Å². The number of methoxy groups -OCH3 is 1. The second-order valence-corrected chi connectivity index (χ2v) is 13.5. The van der Waals surface area contributed by atoms with Gasteiger partial charge in [-0.25, -0.2) is 0 Å². The van der Waals surface area contributed by atoms with Crippen molar-refractivity contribution in [3.63, 3.8) is 0 Å². The van der Waals surface area contributed by atoms with Gasteiger partial charge in [-0.1, -0.05) is 25.1 Å². The second-order valence-electron chi connectivity index (χ2n) is 13.5. The molecule has 286 valence electrons. The van der Waals surface area contributed by atoms with Gasteiger partial charge in [0.2, 0.25) is 5.91 Å². The lowest BCUT2D eigenvalue weighted by molar-refractivity contribution is -0.132. The van der Waals surface area contributed by atoms with Crippen molar-refractivity contribution in [1.82, 2.24) is 15.1 Å². The third-order valence-corrected chi connectivity index (χ3v) is 9.41. The molecule has 1 fully saturated rings. The van der Waals surface area contributed by atoms with Gasteiger partial charge in [0.1, 0.15) is 17.2 Å². The number of nitrogens with one attached hydrogen (secondary N) is 3. The van der Waals surface area contributed by atoms with Gasteiger partial charge in [0.05, 0.1) is 30.7 Å². The molecule has 1 atom stereocenters. The van der Waals surface area contributed by atoms with Crippen LogP contribution in [0, 0.1) is 12.3 Å². The summed E-state index contributed by atoms with van der Waals surface area (Å²) in [6.45, 7) is 5.95. The van der Waals surface area contributed by atoms with E-state index in [0.29, 0.717) is 59.7 Å². The van der Waals surface area contributed by atoms with Crippen LogP contribution in [0.4, 0.5) is 11.4 Å². The van der Waals surface area contributed by atoms with Gasteiger partial charge >= 0.3 is 0 Å². The van der Waals surface area contributed by atoms with Crippen LogP contribution < -0.4 is 35.5 Å². The lowest BCUT2D eigenvalue weighted by Crippen LogP contribution is -2.44. The molecule has 13 nitrogen and oxygen atoms in total. The molecule has 0 spiro atoms. The third-order valence-electron chi connectivity index (χ3n) is 9.41. The second kappa shape index (κ2) is 19.5. The van der Waals surface area contributed by atoms with E-state index in [1.54, 1.807) is 49.5 Å². The first-order chi connectivity index (χ1) is 25.4. The summed E-state index contributed by atoms with van der Waals surface area (Å²) in [5.74, 6) is 0.482. The summed E-state index contributed by atoms with van der Waals surface area (Å²) in [5.41, 5.74) is 8.10. The van der Waals surface area contributed by atoms with Crippen molar-refractivity contribution in [3.8, 4) is 17.2 Å². The van der Waals surface area contributed by atoms with E-state index in [0.717, 1.165) is 50.8 Å². The molecule has 1 aliphatic rings. The number of carbonyl (C=O) groups excluding carboxylic acids is 3. The van der Waals surface area contributed by atoms with Crippen molar-refractivity contribution in [2.24, 2.45) is 5.73 Å². The first-order valence-corrected chi connectivity index (χ1v) is 18.2. The van der Waals surface area contributed by atoms with E-state index in [9.17, 15) is 14.4 Å². The SMILES string of the molecule is CCC(NC(=N)N)Oc1ccccc1C(=O)Nc1ccc(C(=O)N(C)c2ccc(C)cc2OCCCCCC(=O)N2CCC(N(C)C)CC2)cc1OC. The molecule has 1 heterocycles. The summed E-state index contributed by atoms with van der Waals surface area (Å²) in [6, 6.07) is 17.9. The first-order valence-electron chi connectivity index (χ1n) is 18.2. The molecule has 3 amide bonds. The number of anilines is 2. The van der Waals surface area contributed by atoms with Gasteiger partial charge in [-0.2, -0.15) is 0 Å². The van der Waals surface area contributed by atoms with Crippen LogP contribution in [0.2, 0.25) is 0 Å². The fourth-order valence-corrected chi connectivity index (χ4v) is 6.26. The molecular weight excluding hydrogens is 674 g/mol. The Kier molecular flexibility index (Phi) is 14.9. The Hall–Kier alpha value is -5.30. The van der Waals surface area contributed by atoms with Gasteiger partial charge in [0, 0.05) is 44.6 Å². The highest BCUT2D eigenvalue weighted by atomic mass is 16.5. The molecule has 4 rings (SSSR count). The summed E-state index contributed by atoms with van der Waals surface area (Å²) < 4.78 is 17.7. The molecule has 0 aliphatic carbocycles. The van der Waals surface area contributed by atoms with Gasteiger partial charge in [0.25, 0.3) is 11.8 Å². The first kappa shape index (κ1) is 40.5. The minimum Gasteiger partial charge on any atom is -0.495 e. The van der Waals surface area contributed by atoms with Gasteiger partial charge in [0.15, 0.2) is 12.2 Å². The number of unbranched alkanes of at least 4 members (excludes halogenated alkanes) is 2. The molecule has 5 N–H and O–H groups in total. The Morgan fingerprint density at radius 2 is 1.70 bits per heavy atom. The molecular formula is C40H55N7O6. The maximum absolute atomic E-state index is 13.8. The molecule has 0 aromatic heterocycles. The van der Waals surface area contributed by atoms with E-state index in [2.05, 4.69) is 29.6 Å². The summed E-state index contributed by atoms with van der Waals surface area (Å²) >= 11 is 0. The Morgan fingerprint density at radius 1 is 0.962 bits per heavy atom. The number of guanidine groups is 1. The standard InChI is InChI=1S/C40H55N7O6/c1-7-36(44-40(41)42)53-33-14-11-10-13-30(33)38(49)43-31-18-17-28(26-34(31)51-6)39(50)46(5)32-19-16-27(2)25-35(32)52-24-12-8-9-15-37(48)47-22-20-29(21-23-47)45(3)4/h10-11,13-14,16-19,25-26,29,36H,7-9,12,15,20-24H2,1-6H3,(H,43,49)(H4,41,42,44). The van der Waals surface area contributed by atoms with Gasteiger partial charge < -0.3 is 45.3 Å². The highest BCUT2D eigenvalue weighted by Gasteiger charge is 2.24. The fourth-order valence-electron chi connectivity index (χ4n) is 6.26. The molecule has 0 radical (unpaired) electrons. The fraction of sp³-hybridized carbons (Fsp3) is 0.450. The van der Waals surface area contributed by atoms with Crippen molar-refractivity contribution in [2.45, 2.75) is 71.1 Å². The average Bonchev–Trinajstić information content (AvgIpc) is 3.15. The van der Waals surface area contributed by atoms with E-state index >= 15 is 0 Å². The van der Waals surface area contributed by atoms with Crippen molar-refractivity contribution in [2.75, 3.05) is 58.2 Å². The molecule has 3 aromatic carbocycles. The van der Waals surface area contributed by atoms with Gasteiger partial charge in [-0.15, -0.1) is 0 Å². The van der Waals surface area contributed by atoms with Crippen LogP contribution in [-0.2, 0) is 4.79 Å². The van der Waals surface area contributed by atoms with E-state index < -0.39 is 12.1 Å². The van der Waals surface area contributed by atoms with E-state index in [-0.39, 0.29) is 23.3 Å². The monoisotopic (exact) mass is 729 g/mol. The van der Waals surface area contributed by atoms with Gasteiger partial charge in [-0.05, 0) is 101 Å². The smallest absolute Gasteiger partial charge is 0.259 e. The highest BCUT2D eigenvalue weighted by molar-refractivity contribution is 6.09. The van der Waals surface area contributed by atoms with Crippen LogP contribution in [0.5, 0.6) is 17.2 Å². The molecule has 1 saturated heterocycles. The Balaban J connectivity index is 1.35. The van der Waals surface area contributed by atoms with Crippen LogP contribution in [0.15, 0.2) is 60.7 Å². The van der Waals surface area contributed by atoms with Crippen LogP contribution >= 0.6 is 0 Å². The quantitative estimate of drug-likeness (QED) is 0.0598. The molecule has 0 bridgehead atoms. The molecule has 53 heavy (non-hydrogen) atoms. The Bertz CT molecular complexity index is 1720. The van der Waals surface area contributed by atoms with E-state index in [1.807, 2.05) is 36.9 Å². The maximum atomic E-state index is 13.8. The predicted molar refractivity (Wildman–Crippen MR) is 208 cm³/mol. The Morgan fingerprint density at radius 3 is 2.38 bits per heavy atom. The number of likely N-dealkylation sites (tertiary alicyclic amines) is 1. The molecule has 3 aromatic rings. The third kappa shape index (κ3) is 11.3. The number of hydrogen-bond acceptors (Lipinski definition) is 8. The average molecular weight is 730 g/mol. The molecule has 0 saturated carbocycles. The van der Waals surface area contributed by atoms with Crippen LogP contribution in [0.1, 0.15) is 78.1 Å². The minimum atomic E-state index is -0.596. The van der Waals surface area contributed by atoms with Crippen molar-refractivity contribution in [3.05, 3.63) is 77.4 Å². The van der Waals surface area contributed by atoms with E-state index in [4.69, 9.17) is 25.4 Å². The number of amides is 3. The van der Waals surface area contributed by atoms with Crippen molar-refractivity contribution < 1.29 is 28.6 Å². The van der Waals surface area contributed by atoms with Crippen LogP contribution in [-0.4, -0.2) is 93.7 Å². The maximum Gasteiger partial charge on any atom is 0.259 e. The number of carbonyl (C=O) groups is 3. The number of nitrogens with two attached hydrogens (primary N) is 1. The largest absolute Gasteiger partial charge is 0.495 e. The number of hydrogen-bond donors (Lipinski definition) is 4. The number of benzene rings is 3. The summed E-state index contributed by atoms with van der Waals surface area (Å²) in [7, 11) is 7.35. The normalized spacial score (nSPS) is 13.6. The summed E-state index contributed by atoms with van der Waals surface area (Å²) in [4.78, 5) is 45.6. The zero-order chi connectivity index (χ0) is 38.5. The number of nitrogens with zero attached hydrogens (tertiary/aromatic N) is 3. The molecule has 1 aliphatic heterocycles. The van der Waals surface area contributed by atoms with Crippen molar-refractivity contribution >= 4 is 35.1 Å². The predicted octanol–water partition coefficient (Wildman–Crippen LogP) is 5.62. The van der Waals surface area contributed by atoms with Crippen LogP contribution in [0.25, 0.3) is 0 Å². The number of rotatable bonds is 17.